The Balaban J connectivity index is 2.00. The van der Waals surface area contributed by atoms with Crippen molar-refractivity contribution in [3.05, 3.63) is 0 Å². The van der Waals surface area contributed by atoms with Crippen molar-refractivity contribution >= 4 is 5.91 Å². The highest BCUT2D eigenvalue weighted by Crippen LogP contribution is 2.02. The monoisotopic (exact) mass is 243 g/mol. The lowest BCUT2D eigenvalue weighted by atomic mass is 10.1. The summed E-state index contributed by atoms with van der Waals surface area (Å²) in [6, 6.07) is 0. The van der Waals surface area contributed by atoms with E-state index in [2.05, 4.69) is 15.5 Å². The molecule has 5 nitrogen and oxygen atoms in total. The first-order chi connectivity index (χ1) is 8.22. The van der Waals surface area contributed by atoms with Crippen molar-refractivity contribution in [1.29, 1.82) is 0 Å². The summed E-state index contributed by atoms with van der Waals surface area (Å²) in [6.45, 7) is 7.33. The summed E-state index contributed by atoms with van der Waals surface area (Å²) in [7, 11) is 0. The Morgan fingerprint density at radius 1 is 1.47 bits per heavy atom. The van der Waals surface area contributed by atoms with Crippen molar-refractivity contribution in [2.75, 3.05) is 45.9 Å². The highest BCUT2D eigenvalue weighted by Gasteiger charge is 2.12. The molecule has 0 aliphatic carbocycles. The largest absolute Gasteiger partial charge is 0.396 e. The molecule has 1 heterocycles. The summed E-state index contributed by atoms with van der Waals surface area (Å²) >= 11 is 0. The zero-order chi connectivity index (χ0) is 12.5. The van der Waals surface area contributed by atoms with Gasteiger partial charge < -0.3 is 15.7 Å². The van der Waals surface area contributed by atoms with E-state index in [0.717, 1.165) is 45.6 Å². The zero-order valence-electron chi connectivity index (χ0n) is 10.7. The Hall–Kier alpha value is -0.650. The minimum Gasteiger partial charge on any atom is -0.396 e. The summed E-state index contributed by atoms with van der Waals surface area (Å²) in [4.78, 5) is 13.8. The third-order valence-electron chi connectivity index (χ3n) is 3.08. The molecular formula is C12H25N3O2. The fourth-order valence-corrected chi connectivity index (χ4v) is 1.90. The quantitative estimate of drug-likeness (QED) is 0.523. The van der Waals surface area contributed by atoms with Gasteiger partial charge in [0.1, 0.15) is 0 Å². The second-order valence-electron chi connectivity index (χ2n) is 4.81. The van der Waals surface area contributed by atoms with E-state index in [4.69, 9.17) is 5.11 Å². The summed E-state index contributed by atoms with van der Waals surface area (Å²) in [6.07, 6.45) is 1.90. The van der Waals surface area contributed by atoms with Gasteiger partial charge in [0.25, 0.3) is 0 Å². The van der Waals surface area contributed by atoms with E-state index in [-0.39, 0.29) is 12.5 Å². The Morgan fingerprint density at radius 3 is 2.82 bits per heavy atom. The van der Waals surface area contributed by atoms with E-state index in [1.165, 1.54) is 0 Å². The fourth-order valence-electron chi connectivity index (χ4n) is 1.90. The van der Waals surface area contributed by atoms with Gasteiger partial charge in [0, 0.05) is 39.3 Å². The van der Waals surface area contributed by atoms with Gasteiger partial charge in [-0.3, -0.25) is 9.69 Å². The summed E-state index contributed by atoms with van der Waals surface area (Å²) in [5.74, 6) is 0.448. The number of carbonyl (C=O) groups is 1. The highest BCUT2D eigenvalue weighted by atomic mass is 16.3. The molecule has 100 valence electrons. The van der Waals surface area contributed by atoms with E-state index in [1.54, 1.807) is 0 Å². The molecule has 0 radical (unpaired) electrons. The van der Waals surface area contributed by atoms with E-state index in [0.29, 0.717) is 12.5 Å². The molecule has 0 aromatic heterocycles. The third-order valence-corrected chi connectivity index (χ3v) is 3.08. The number of rotatable bonds is 7. The lowest BCUT2D eigenvalue weighted by Gasteiger charge is -2.26. The van der Waals surface area contributed by atoms with Crippen LogP contribution < -0.4 is 10.6 Å². The maximum Gasteiger partial charge on any atom is 0.234 e. The smallest absolute Gasteiger partial charge is 0.234 e. The van der Waals surface area contributed by atoms with Crippen LogP contribution in [0.15, 0.2) is 0 Å². The predicted octanol–water partition coefficient (Wildman–Crippen LogP) is -0.584. The van der Waals surface area contributed by atoms with E-state index < -0.39 is 0 Å². The number of aliphatic hydroxyl groups excluding tert-OH is 1. The fraction of sp³-hybridized carbons (Fsp3) is 0.917. The first kappa shape index (κ1) is 14.4. The van der Waals surface area contributed by atoms with Gasteiger partial charge in [0.2, 0.25) is 5.91 Å². The lowest BCUT2D eigenvalue weighted by molar-refractivity contribution is -0.122. The van der Waals surface area contributed by atoms with Crippen molar-refractivity contribution in [1.82, 2.24) is 15.5 Å². The van der Waals surface area contributed by atoms with Gasteiger partial charge in [-0.25, -0.2) is 0 Å². The number of carbonyl (C=O) groups excluding carboxylic acids is 1. The molecule has 5 heteroatoms. The topological polar surface area (TPSA) is 64.6 Å². The van der Waals surface area contributed by atoms with Crippen LogP contribution in [0.4, 0.5) is 0 Å². The van der Waals surface area contributed by atoms with Gasteiger partial charge in [-0.15, -0.1) is 0 Å². The molecule has 0 spiro atoms. The molecule has 1 unspecified atom stereocenters. The van der Waals surface area contributed by atoms with Crippen LogP contribution in [-0.2, 0) is 4.79 Å². The molecule has 3 N–H and O–H groups in total. The summed E-state index contributed by atoms with van der Waals surface area (Å²) < 4.78 is 0. The molecule has 0 bridgehead atoms. The highest BCUT2D eigenvalue weighted by molar-refractivity contribution is 5.77. The molecule has 1 fully saturated rings. The molecular weight excluding hydrogens is 218 g/mol. The lowest BCUT2D eigenvalue weighted by Crippen LogP contribution is -2.47. The molecule has 1 aliphatic rings. The van der Waals surface area contributed by atoms with Crippen LogP contribution >= 0.6 is 0 Å². The maximum absolute atomic E-state index is 11.6. The van der Waals surface area contributed by atoms with Crippen LogP contribution in [0.1, 0.15) is 19.8 Å². The van der Waals surface area contributed by atoms with Crippen LogP contribution in [0.5, 0.6) is 0 Å². The molecule has 1 aliphatic heterocycles. The van der Waals surface area contributed by atoms with Crippen molar-refractivity contribution in [3.8, 4) is 0 Å². The van der Waals surface area contributed by atoms with Crippen molar-refractivity contribution in [3.63, 3.8) is 0 Å². The van der Waals surface area contributed by atoms with Gasteiger partial charge in [-0.2, -0.15) is 0 Å². The molecule has 0 saturated carbocycles. The van der Waals surface area contributed by atoms with Gasteiger partial charge in [-0.1, -0.05) is 6.92 Å². The van der Waals surface area contributed by atoms with Crippen LogP contribution in [0.2, 0.25) is 0 Å². The number of piperazine rings is 1. The molecule has 1 rings (SSSR count). The Labute approximate surface area is 104 Å². The normalized spacial score (nSPS) is 18.9. The van der Waals surface area contributed by atoms with Gasteiger partial charge >= 0.3 is 0 Å². The Kier molecular flexibility index (Phi) is 7.16. The minimum absolute atomic E-state index is 0.114. The average Bonchev–Trinajstić information content (AvgIpc) is 2.35. The van der Waals surface area contributed by atoms with E-state index in [9.17, 15) is 4.79 Å². The second-order valence-corrected chi connectivity index (χ2v) is 4.81. The van der Waals surface area contributed by atoms with Crippen molar-refractivity contribution < 1.29 is 9.90 Å². The third kappa shape index (κ3) is 6.61. The molecule has 1 saturated heterocycles. The molecule has 0 aromatic rings. The number of nitrogens with zero attached hydrogens (tertiary/aromatic N) is 1. The minimum atomic E-state index is 0.114. The average molecular weight is 243 g/mol. The zero-order valence-corrected chi connectivity index (χ0v) is 10.7. The van der Waals surface area contributed by atoms with E-state index >= 15 is 0 Å². The summed E-state index contributed by atoms with van der Waals surface area (Å²) in [5.41, 5.74) is 0. The van der Waals surface area contributed by atoms with Crippen LogP contribution in [0.3, 0.4) is 0 Å². The van der Waals surface area contributed by atoms with Gasteiger partial charge in [-0.05, 0) is 18.8 Å². The van der Waals surface area contributed by atoms with Gasteiger partial charge in [0.15, 0.2) is 0 Å². The molecule has 17 heavy (non-hydrogen) atoms. The van der Waals surface area contributed by atoms with Crippen LogP contribution in [-0.4, -0.2) is 61.8 Å². The SMILES string of the molecule is CC(CO)CCCNC(=O)CN1CCNCC1. The Morgan fingerprint density at radius 2 is 2.18 bits per heavy atom. The van der Waals surface area contributed by atoms with Crippen molar-refractivity contribution in [2.45, 2.75) is 19.8 Å². The van der Waals surface area contributed by atoms with Crippen molar-refractivity contribution in [2.24, 2.45) is 5.92 Å². The second kappa shape index (κ2) is 8.44. The van der Waals surface area contributed by atoms with Gasteiger partial charge in [0.05, 0.1) is 6.54 Å². The Bertz CT molecular complexity index is 218. The van der Waals surface area contributed by atoms with E-state index in [1.807, 2.05) is 6.92 Å². The number of nitrogens with one attached hydrogen (secondary N) is 2. The number of amides is 1. The molecule has 0 aromatic carbocycles. The van der Waals surface area contributed by atoms with Crippen LogP contribution in [0, 0.1) is 5.92 Å². The first-order valence-corrected chi connectivity index (χ1v) is 6.53. The molecule has 1 atom stereocenters. The molecule has 1 amide bonds. The standard InChI is InChI=1S/C12H25N3O2/c1-11(10-16)3-2-4-14-12(17)9-15-7-5-13-6-8-15/h11,13,16H,2-10H2,1H3,(H,14,17). The number of aliphatic hydroxyl groups is 1. The predicted molar refractivity (Wildman–Crippen MR) is 67.8 cm³/mol. The number of hydrogen-bond acceptors (Lipinski definition) is 4. The number of hydrogen-bond donors (Lipinski definition) is 3. The van der Waals surface area contributed by atoms with Crippen LogP contribution in [0.25, 0.3) is 0 Å². The first-order valence-electron chi connectivity index (χ1n) is 6.53. The maximum atomic E-state index is 11.6. The summed E-state index contributed by atoms with van der Waals surface area (Å²) in [5, 5.41) is 15.0.